The maximum atomic E-state index is 6.19. The predicted molar refractivity (Wildman–Crippen MR) is 105 cm³/mol. The lowest BCUT2D eigenvalue weighted by molar-refractivity contribution is 0.640. The van der Waals surface area contributed by atoms with Crippen LogP contribution in [0.25, 0.3) is 0 Å². The third kappa shape index (κ3) is 4.18. The van der Waals surface area contributed by atoms with Crippen molar-refractivity contribution < 1.29 is 0 Å². The van der Waals surface area contributed by atoms with Crippen molar-refractivity contribution in [2.24, 2.45) is 0 Å². The maximum absolute atomic E-state index is 6.19. The number of halogens is 1. The highest BCUT2D eigenvalue weighted by Gasteiger charge is 2.08. The Morgan fingerprint density at radius 1 is 1.20 bits per heavy atom. The molecule has 2 heterocycles. The molecule has 0 atom stereocenters. The van der Waals surface area contributed by atoms with Crippen molar-refractivity contribution >= 4 is 40.3 Å². The van der Waals surface area contributed by atoms with E-state index in [0.29, 0.717) is 11.7 Å². The van der Waals surface area contributed by atoms with Gasteiger partial charge in [0.25, 0.3) is 0 Å². The van der Waals surface area contributed by atoms with Crippen molar-refractivity contribution in [1.82, 2.24) is 19.6 Å². The molecule has 1 aromatic carbocycles. The predicted octanol–water partition coefficient (Wildman–Crippen LogP) is 3.92. The molecule has 2 aromatic heterocycles. The summed E-state index contributed by atoms with van der Waals surface area (Å²) in [7, 11) is 0. The molecule has 0 amide bonds. The summed E-state index contributed by atoms with van der Waals surface area (Å²) >= 11 is 11.6. The summed E-state index contributed by atoms with van der Waals surface area (Å²) in [5.41, 5.74) is 3.76. The molecule has 0 aliphatic rings. The van der Waals surface area contributed by atoms with Gasteiger partial charge in [-0.2, -0.15) is 10.2 Å². The van der Waals surface area contributed by atoms with Gasteiger partial charge in [-0.15, -0.1) is 0 Å². The second kappa shape index (κ2) is 7.67. The monoisotopic (exact) mass is 374 g/mol. The number of aromatic nitrogens is 4. The maximum Gasteiger partial charge on any atom is 0.175 e. The lowest BCUT2D eigenvalue weighted by Crippen LogP contribution is -2.19. The minimum absolute atomic E-state index is 0.496. The van der Waals surface area contributed by atoms with E-state index in [1.807, 2.05) is 53.7 Å². The Morgan fingerprint density at radius 2 is 2.00 bits per heavy atom. The zero-order valence-electron chi connectivity index (χ0n) is 14.0. The summed E-state index contributed by atoms with van der Waals surface area (Å²) in [5, 5.41) is 16.1. The smallest absolute Gasteiger partial charge is 0.175 e. The summed E-state index contributed by atoms with van der Waals surface area (Å²) in [5.74, 6) is 0. The van der Waals surface area contributed by atoms with E-state index in [4.69, 9.17) is 23.8 Å². The molecule has 2 N–H and O–H groups in total. The molecule has 130 valence electrons. The molecule has 0 saturated heterocycles. The van der Waals surface area contributed by atoms with Gasteiger partial charge in [0, 0.05) is 17.8 Å². The van der Waals surface area contributed by atoms with E-state index in [9.17, 15) is 0 Å². The molecule has 0 aliphatic carbocycles. The first kappa shape index (κ1) is 17.4. The molecule has 0 unspecified atom stereocenters. The van der Waals surface area contributed by atoms with Crippen molar-refractivity contribution in [2.75, 3.05) is 10.6 Å². The van der Waals surface area contributed by atoms with Crippen molar-refractivity contribution in [1.29, 1.82) is 0 Å². The highest BCUT2D eigenvalue weighted by Crippen LogP contribution is 2.17. The highest BCUT2D eigenvalue weighted by atomic mass is 35.5. The fraction of sp³-hybridized carbons (Fsp3) is 0.235. The van der Waals surface area contributed by atoms with Gasteiger partial charge in [0.05, 0.1) is 36.0 Å². The van der Waals surface area contributed by atoms with Crippen LogP contribution < -0.4 is 10.6 Å². The highest BCUT2D eigenvalue weighted by molar-refractivity contribution is 7.80. The Balaban J connectivity index is 1.62. The molecule has 0 radical (unpaired) electrons. The molecule has 25 heavy (non-hydrogen) atoms. The number of hydrogen-bond acceptors (Lipinski definition) is 3. The molecule has 3 rings (SSSR count). The first-order valence-electron chi connectivity index (χ1n) is 7.93. The SMILES string of the molecule is CCn1ncc(NC(=S)Nc2cnn(Cc3ccccc3Cl)c2)c1C. The van der Waals surface area contributed by atoms with Crippen LogP contribution in [0.15, 0.2) is 42.9 Å². The van der Waals surface area contributed by atoms with Crippen LogP contribution in [0.3, 0.4) is 0 Å². The second-order valence-electron chi connectivity index (χ2n) is 5.56. The lowest BCUT2D eigenvalue weighted by atomic mass is 10.2. The topological polar surface area (TPSA) is 59.7 Å². The zero-order valence-corrected chi connectivity index (χ0v) is 15.6. The number of thiocarbonyl (C=S) groups is 1. The summed E-state index contributed by atoms with van der Waals surface area (Å²) < 4.78 is 3.72. The molecule has 0 fully saturated rings. The van der Waals surface area contributed by atoms with E-state index in [1.165, 1.54) is 0 Å². The number of nitrogens with one attached hydrogen (secondary N) is 2. The fourth-order valence-electron chi connectivity index (χ4n) is 2.49. The van der Waals surface area contributed by atoms with Crippen LogP contribution in [-0.2, 0) is 13.1 Å². The van der Waals surface area contributed by atoms with Gasteiger partial charge in [0.15, 0.2) is 5.11 Å². The Labute approximate surface area is 156 Å². The van der Waals surface area contributed by atoms with E-state index in [1.54, 1.807) is 12.4 Å². The summed E-state index contributed by atoms with van der Waals surface area (Å²) in [4.78, 5) is 0. The Hall–Kier alpha value is -2.38. The van der Waals surface area contributed by atoms with Gasteiger partial charge >= 0.3 is 0 Å². The number of benzene rings is 1. The zero-order chi connectivity index (χ0) is 17.8. The third-order valence-corrected chi connectivity index (χ3v) is 4.41. The number of rotatable bonds is 5. The van der Waals surface area contributed by atoms with Crippen molar-refractivity contribution in [3.63, 3.8) is 0 Å². The summed E-state index contributed by atoms with van der Waals surface area (Å²) in [6.45, 7) is 5.48. The van der Waals surface area contributed by atoms with Crippen LogP contribution in [-0.4, -0.2) is 24.7 Å². The minimum Gasteiger partial charge on any atom is -0.330 e. The molecular formula is C17H19ClN6S. The van der Waals surface area contributed by atoms with Gasteiger partial charge in [0.1, 0.15) is 0 Å². The fourth-order valence-corrected chi connectivity index (χ4v) is 2.91. The Kier molecular flexibility index (Phi) is 5.35. The molecule has 0 aliphatic heterocycles. The quantitative estimate of drug-likeness (QED) is 0.663. The first-order valence-corrected chi connectivity index (χ1v) is 8.71. The van der Waals surface area contributed by atoms with Gasteiger partial charge in [-0.1, -0.05) is 29.8 Å². The molecular weight excluding hydrogens is 356 g/mol. The van der Waals surface area contributed by atoms with E-state index in [-0.39, 0.29) is 0 Å². The van der Waals surface area contributed by atoms with Crippen LogP contribution in [0.5, 0.6) is 0 Å². The van der Waals surface area contributed by atoms with E-state index >= 15 is 0 Å². The van der Waals surface area contributed by atoms with Crippen molar-refractivity contribution in [3.8, 4) is 0 Å². The molecule has 8 heteroatoms. The van der Waals surface area contributed by atoms with Gasteiger partial charge in [-0.25, -0.2) is 0 Å². The third-order valence-electron chi connectivity index (χ3n) is 3.83. The second-order valence-corrected chi connectivity index (χ2v) is 6.37. The minimum atomic E-state index is 0.496. The first-order chi connectivity index (χ1) is 12.1. The standard InChI is InChI=1S/C17H19ClN6S/c1-3-24-12(2)16(9-20-24)22-17(25)21-14-8-19-23(11-14)10-13-6-4-5-7-15(13)18/h4-9,11H,3,10H2,1-2H3,(H2,21,22,25). The molecule has 0 bridgehead atoms. The van der Waals surface area contributed by atoms with Crippen molar-refractivity contribution in [2.45, 2.75) is 26.9 Å². The summed E-state index contributed by atoms with van der Waals surface area (Å²) in [6, 6.07) is 7.73. The average molecular weight is 375 g/mol. The van der Waals surface area contributed by atoms with Crippen molar-refractivity contribution in [3.05, 3.63) is 59.1 Å². The van der Waals surface area contributed by atoms with Gasteiger partial charge in [-0.3, -0.25) is 9.36 Å². The average Bonchev–Trinajstić information content (AvgIpc) is 3.17. The molecule has 0 spiro atoms. The Morgan fingerprint density at radius 3 is 2.72 bits per heavy atom. The van der Waals surface area contributed by atoms with E-state index in [2.05, 4.69) is 20.8 Å². The largest absolute Gasteiger partial charge is 0.330 e. The number of anilines is 2. The molecule has 6 nitrogen and oxygen atoms in total. The van der Waals surface area contributed by atoms with Crippen LogP contribution in [0, 0.1) is 6.92 Å². The van der Waals surface area contributed by atoms with E-state index in [0.717, 1.165) is 34.2 Å². The van der Waals surface area contributed by atoms with E-state index < -0.39 is 0 Å². The Bertz CT molecular complexity index is 885. The lowest BCUT2D eigenvalue weighted by Gasteiger charge is -2.08. The van der Waals surface area contributed by atoms with Gasteiger partial charge in [0.2, 0.25) is 0 Å². The normalized spacial score (nSPS) is 10.7. The van der Waals surface area contributed by atoms with Gasteiger partial charge in [-0.05, 0) is 37.7 Å². The molecule has 0 saturated carbocycles. The molecule has 3 aromatic rings. The van der Waals surface area contributed by atoms with Gasteiger partial charge < -0.3 is 10.6 Å². The number of nitrogens with zero attached hydrogens (tertiary/aromatic N) is 4. The van der Waals surface area contributed by atoms with Crippen LogP contribution >= 0.6 is 23.8 Å². The summed E-state index contributed by atoms with van der Waals surface area (Å²) in [6.07, 6.45) is 5.39. The number of hydrogen-bond donors (Lipinski definition) is 2. The van der Waals surface area contributed by atoms with Crippen LogP contribution in [0.2, 0.25) is 5.02 Å². The number of aryl methyl sites for hydroxylation is 1. The van der Waals surface area contributed by atoms with Crippen LogP contribution in [0.1, 0.15) is 18.2 Å². The van der Waals surface area contributed by atoms with Crippen LogP contribution in [0.4, 0.5) is 11.4 Å².